The zero-order valence-corrected chi connectivity index (χ0v) is 11.8. The van der Waals surface area contributed by atoms with Gasteiger partial charge >= 0.3 is 0 Å². The molecule has 0 spiro atoms. The molecule has 0 aromatic heterocycles. The number of rotatable bonds is 4. The van der Waals surface area contributed by atoms with E-state index in [0.29, 0.717) is 31.6 Å². The summed E-state index contributed by atoms with van der Waals surface area (Å²) in [4.78, 5) is 12.5. The van der Waals surface area contributed by atoms with Gasteiger partial charge in [-0.05, 0) is 18.6 Å². The van der Waals surface area contributed by atoms with Gasteiger partial charge in [0.05, 0.1) is 10.6 Å². The zero-order valence-electron chi connectivity index (χ0n) is 11.8. The van der Waals surface area contributed by atoms with Crippen LogP contribution in [0.2, 0.25) is 0 Å². The maximum Gasteiger partial charge on any atom is 0.274 e. The molecule has 1 atom stereocenters. The molecular weight excluding hydrogens is 277 g/mol. The van der Waals surface area contributed by atoms with Crippen LogP contribution in [0.4, 0.5) is 10.1 Å². The Hall–Kier alpha value is -2.02. The summed E-state index contributed by atoms with van der Waals surface area (Å²) in [5, 5.41) is 23.3. The van der Waals surface area contributed by atoms with Gasteiger partial charge in [0.2, 0.25) is 0 Å². The molecule has 1 N–H and O–H groups in total. The number of oxime groups is 1. The van der Waals surface area contributed by atoms with E-state index in [1.54, 1.807) is 0 Å². The first-order valence-electron chi connectivity index (χ1n) is 6.91. The van der Waals surface area contributed by atoms with Crippen molar-refractivity contribution >= 4 is 11.4 Å². The lowest BCUT2D eigenvalue weighted by Crippen LogP contribution is -2.40. The molecule has 2 rings (SSSR count). The summed E-state index contributed by atoms with van der Waals surface area (Å²) in [7, 11) is 0. The van der Waals surface area contributed by atoms with E-state index in [4.69, 9.17) is 5.21 Å². The second kappa shape index (κ2) is 6.62. The van der Waals surface area contributed by atoms with Crippen LogP contribution >= 0.6 is 0 Å². The van der Waals surface area contributed by atoms with Crippen molar-refractivity contribution in [3.05, 3.63) is 39.7 Å². The number of hydrogen-bond acceptors (Lipinski definition) is 5. The number of hydrogen-bond donors (Lipinski definition) is 1. The molecule has 6 nitrogen and oxygen atoms in total. The predicted octanol–water partition coefficient (Wildman–Crippen LogP) is 2.80. The predicted molar refractivity (Wildman–Crippen MR) is 76.0 cm³/mol. The number of nitro groups is 1. The SMILES string of the molecule is CCC1CN(Cc2cc(F)ccc2[N+](=O)[O-])CC/C1=N\O. The van der Waals surface area contributed by atoms with E-state index in [1.807, 2.05) is 11.8 Å². The molecule has 0 radical (unpaired) electrons. The average Bonchev–Trinajstić information content (AvgIpc) is 2.46. The fraction of sp³-hybridized carbons (Fsp3) is 0.500. The molecule has 0 saturated carbocycles. The Labute approximate surface area is 122 Å². The molecule has 0 bridgehead atoms. The number of nitrogens with zero attached hydrogens (tertiary/aromatic N) is 3. The Morgan fingerprint density at radius 2 is 2.33 bits per heavy atom. The Balaban J connectivity index is 2.15. The molecular formula is C14H18FN3O3. The second-order valence-corrected chi connectivity index (χ2v) is 5.21. The molecule has 1 fully saturated rings. The molecule has 1 unspecified atom stereocenters. The van der Waals surface area contributed by atoms with Crippen LogP contribution in [0.5, 0.6) is 0 Å². The van der Waals surface area contributed by atoms with Crippen molar-refractivity contribution in [3.8, 4) is 0 Å². The highest BCUT2D eigenvalue weighted by Gasteiger charge is 2.26. The zero-order chi connectivity index (χ0) is 15.4. The summed E-state index contributed by atoms with van der Waals surface area (Å²) in [6.45, 7) is 3.63. The summed E-state index contributed by atoms with van der Waals surface area (Å²) < 4.78 is 13.3. The van der Waals surface area contributed by atoms with Crippen LogP contribution in [0, 0.1) is 21.8 Å². The van der Waals surface area contributed by atoms with E-state index in [1.165, 1.54) is 12.1 Å². The molecule has 0 aliphatic carbocycles. The lowest BCUT2D eigenvalue weighted by Gasteiger charge is -2.32. The third-order valence-electron chi connectivity index (χ3n) is 3.89. The third kappa shape index (κ3) is 3.55. The lowest BCUT2D eigenvalue weighted by atomic mass is 9.93. The summed E-state index contributed by atoms with van der Waals surface area (Å²) >= 11 is 0. The van der Waals surface area contributed by atoms with Gasteiger partial charge < -0.3 is 5.21 Å². The van der Waals surface area contributed by atoms with Crippen molar-refractivity contribution in [1.29, 1.82) is 0 Å². The third-order valence-corrected chi connectivity index (χ3v) is 3.89. The second-order valence-electron chi connectivity index (χ2n) is 5.21. The van der Waals surface area contributed by atoms with Gasteiger partial charge in [-0.1, -0.05) is 12.1 Å². The molecule has 1 saturated heterocycles. The van der Waals surface area contributed by atoms with E-state index in [-0.39, 0.29) is 11.6 Å². The van der Waals surface area contributed by atoms with Gasteiger partial charge in [0.15, 0.2) is 0 Å². The maximum atomic E-state index is 13.3. The van der Waals surface area contributed by atoms with Crippen LogP contribution in [0.15, 0.2) is 23.4 Å². The van der Waals surface area contributed by atoms with Gasteiger partial charge in [-0.25, -0.2) is 4.39 Å². The first kappa shape index (κ1) is 15.4. The van der Waals surface area contributed by atoms with Crippen molar-refractivity contribution in [1.82, 2.24) is 4.90 Å². The van der Waals surface area contributed by atoms with Crippen molar-refractivity contribution in [2.24, 2.45) is 11.1 Å². The first-order valence-corrected chi connectivity index (χ1v) is 6.91. The summed E-state index contributed by atoms with van der Waals surface area (Å²) in [6, 6.07) is 3.52. The number of likely N-dealkylation sites (tertiary alicyclic amines) is 1. The highest BCUT2D eigenvalue weighted by atomic mass is 19.1. The maximum absolute atomic E-state index is 13.3. The summed E-state index contributed by atoms with van der Waals surface area (Å²) in [5.41, 5.74) is 1.08. The molecule has 1 aromatic carbocycles. The normalized spacial score (nSPS) is 21.6. The number of piperidine rings is 1. The van der Waals surface area contributed by atoms with Crippen molar-refractivity contribution in [3.63, 3.8) is 0 Å². The van der Waals surface area contributed by atoms with E-state index in [0.717, 1.165) is 18.2 Å². The molecule has 0 amide bonds. The van der Waals surface area contributed by atoms with E-state index in [9.17, 15) is 14.5 Å². The van der Waals surface area contributed by atoms with Crippen LogP contribution in [0.1, 0.15) is 25.3 Å². The molecule has 21 heavy (non-hydrogen) atoms. The highest BCUT2D eigenvalue weighted by molar-refractivity contribution is 5.87. The minimum Gasteiger partial charge on any atom is -0.411 e. The van der Waals surface area contributed by atoms with Gasteiger partial charge in [-0.2, -0.15) is 0 Å². The minimum atomic E-state index is -0.489. The fourth-order valence-corrected chi connectivity index (χ4v) is 2.72. The molecule has 1 aliphatic rings. The number of halogens is 1. The molecule has 1 aliphatic heterocycles. The summed E-state index contributed by atoms with van der Waals surface area (Å²) in [6.07, 6.45) is 1.46. The van der Waals surface area contributed by atoms with Crippen LogP contribution in [0.3, 0.4) is 0 Å². The smallest absolute Gasteiger partial charge is 0.274 e. The monoisotopic (exact) mass is 295 g/mol. The lowest BCUT2D eigenvalue weighted by molar-refractivity contribution is -0.385. The van der Waals surface area contributed by atoms with Gasteiger partial charge in [-0.3, -0.25) is 15.0 Å². The van der Waals surface area contributed by atoms with Crippen molar-refractivity contribution in [2.45, 2.75) is 26.3 Å². The highest BCUT2D eigenvalue weighted by Crippen LogP contribution is 2.24. The standard InChI is InChI=1S/C14H18FN3O3/c1-2-10-8-17(6-5-13(10)16-19)9-11-7-12(15)3-4-14(11)18(20)21/h3-4,7,10,19H,2,5-6,8-9H2,1H3/b16-13+. The molecule has 1 heterocycles. The van der Waals surface area contributed by atoms with E-state index < -0.39 is 10.7 Å². The Bertz CT molecular complexity index is 562. The van der Waals surface area contributed by atoms with Gasteiger partial charge in [0.1, 0.15) is 5.82 Å². The molecule has 1 aromatic rings. The fourth-order valence-electron chi connectivity index (χ4n) is 2.72. The first-order chi connectivity index (χ1) is 10.0. The van der Waals surface area contributed by atoms with Gasteiger partial charge in [0, 0.05) is 43.6 Å². The molecule has 114 valence electrons. The average molecular weight is 295 g/mol. The van der Waals surface area contributed by atoms with Crippen molar-refractivity contribution < 1.29 is 14.5 Å². The van der Waals surface area contributed by atoms with Crippen LogP contribution in [-0.4, -0.2) is 33.8 Å². The van der Waals surface area contributed by atoms with Gasteiger partial charge in [0.25, 0.3) is 5.69 Å². The number of nitro benzene ring substituents is 1. The summed E-state index contributed by atoms with van der Waals surface area (Å²) in [5.74, 6) is -0.339. The quantitative estimate of drug-likeness (QED) is 0.526. The Kier molecular flexibility index (Phi) is 4.85. The Morgan fingerprint density at radius 3 is 2.95 bits per heavy atom. The van der Waals surface area contributed by atoms with E-state index >= 15 is 0 Å². The minimum absolute atomic E-state index is 0.0638. The van der Waals surface area contributed by atoms with Crippen LogP contribution in [-0.2, 0) is 6.54 Å². The van der Waals surface area contributed by atoms with Crippen LogP contribution < -0.4 is 0 Å². The molecule has 7 heteroatoms. The largest absolute Gasteiger partial charge is 0.411 e. The Morgan fingerprint density at radius 1 is 1.57 bits per heavy atom. The van der Waals surface area contributed by atoms with Gasteiger partial charge in [-0.15, -0.1) is 0 Å². The number of benzene rings is 1. The van der Waals surface area contributed by atoms with Crippen LogP contribution in [0.25, 0.3) is 0 Å². The van der Waals surface area contributed by atoms with Crippen molar-refractivity contribution in [2.75, 3.05) is 13.1 Å². The topological polar surface area (TPSA) is 79.0 Å². The van der Waals surface area contributed by atoms with E-state index in [2.05, 4.69) is 5.16 Å².